The van der Waals surface area contributed by atoms with Gasteiger partial charge in [0, 0.05) is 26.3 Å². The molecule has 0 unspecified atom stereocenters. The highest BCUT2D eigenvalue weighted by atomic mass is 16.2. The van der Waals surface area contributed by atoms with Gasteiger partial charge in [0.2, 0.25) is 0 Å². The molecule has 2 amide bonds. The minimum atomic E-state index is -0.0207. The molecule has 128 valence electrons. The van der Waals surface area contributed by atoms with E-state index in [1.165, 1.54) is 16.7 Å². The molecule has 0 aliphatic carbocycles. The van der Waals surface area contributed by atoms with Crippen LogP contribution in [-0.4, -0.2) is 33.8 Å². The number of aromatic nitrogens is 2. The molecule has 1 saturated heterocycles. The molecule has 5 nitrogen and oxygen atoms in total. The number of anilines is 1. The van der Waals surface area contributed by atoms with Gasteiger partial charge >= 0.3 is 6.03 Å². The van der Waals surface area contributed by atoms with Crippen LogP contribution in [0.2, 0.25) is 0 Å². The monoisotopic (exact) mass is 326 g/mol. The predicted octanol–water partition coefficient (Wildman–Crippen LogP) is 3.52. The van der Waals surface area contributed by atoms with E-state index in [0.29, 0.717) is 5.92 Å². The Kier molecular flexibility index (Phi) is 4.88. The van der Waals surface area contributed by atoms with Crippen LogP contribution in [-0.2, 0) is 13.5 Å². The molecule has 2 aromatic rings. The SMILES string of the molecule is Cc1ccc(CC2CCN(C(=O)Nc3cnn(C)c3)CC2)cc1C. The van der Waals surface area contributed by atoms with E-state index in [4.69, 9.17) is 0 Å². The molecule has 1 aromatic heterocycles. The summed E-state index contributed by atoms with van der Waals surface area (Å²) < 4.78 is 1.69. The van der Waals surface area contributed by atoms with Crippen LogP contribution in [0.4, 0.5) is 10.5 Å². The maximum Gasteiger partial charge on any atom is 0.321 e. The number of carbonyl (C=O) groups excluding carboxylic acids is 1. The zero-order valence-electron chi connectivity index (χ0n) is 14.7. The molecule has 0 radical (unpaired) electrons. The molecule has 0 saturated carbocycles. The van der Waals surface area contributed by atoms with Crippen molar-refractivity contribution in [2.45, 2.75) is 33.1 Å². The number of likely N-dealkylation sites (tertiary alicyclic amines) is 1. The molecule has 1 aliphatic heterocycles. The zero-order chi connectivity index (χ0) is 17.1. The molecule has 1 aromatic carbocycles. The van der Waals surface area contributed by atoms with Crippen LogP contribution in [0.3, 0.4) is 0 Å². The molecule has 2 heterocycles. The Hall–Kier alpha value is -2.30. The van der Waals surface area contributed by atoms with E-state index in [9.17, 15) is 4.79 Å². The fourth-order valence-electron chi connectivity index (χ4n) is 3.29. The number of nitrogens with one attached hydrogen (secondary N) is 1. The van der Waals surface area contributed by atoms with Gasteiger partial charge in [0.25, 0.3) is 0 Å². The molecule has 5 heteroatoms. The largest absolute Gasteiger partial charge is 0.325 e. The summed E-state index contributed by atoms with van der Waals surface area (Å²) in [6, 6.07) is 6.73. The highest BCUT2D eigenvalue weighted by molar-refractivity contribution is 5.89. The molecule has 1 fully saturated rings. The van der Waals surface area contributed by atoms with Crippen molar-refractivity contribution >= 4 is 11.7 Å². The molecular formula is C19H26N4O. The summed E-state index contributed by atoms with van der Waals surface area (Å²) >= 11 is 0. The Bertz CT molecular complexity index is 714. The van der Waals surface area contributed by atoms with Gasteiger partial charge in [-0.05, 0) is 55.7 Å². The summed E-state index contributed by atoms with van der Waals surface area (Å²) in [4.78, 5) is 14.2. The van der Waals surface area contributed by atoms with Crippen molar-refractivity contribution in [2.75, 3.05) is 18.4 Å². The zero-order valence-corrected chi connectivity index (χ0v) is 14.7. The topological polar surface area (TPSA) is 50.2 Å². The number of piperidine rings is 1. The fourth-order valence-corrected chi connectivity index (χ4v) is 3.29. The van der Waals surface area contributed by atoms with Crippen molar-refractivity contribution in [3.63, 3.8) is 0 Å². The third-order valence-electron chi connectivity index (χ3n) is 4.95. The average molecular weight is 326 g/mol. The van der Waals surface area contributed by atoms with Gasteiger partial charge in [0.1, 0.15) is 0 Å². The molecule has 0 spiro atoms. The van der Waals surface area contributed by atoms with Crippen molar-refractivity contribution in [3.8, 4) is 0 Å². The summed E-state index contributed by atoms with van der Waals surface area (Å²) in [7, 11) is 1.84. The molecule has 24 heavy (non-hydrogen) atoms. The van der Waals surface area contributed by atoms with Gasteiger partial charge in [-0.2, -0.15) is 5.10 Å². The quantitative estimate of drug-likeness (QED) is 0.938. The van der Waals surface area contributed by atoms with Crippen LogP contribution in [0.5, 0.6) is 0 Å². The lowest BCUT2D eigenvalue weighted by Gasteiger charge is -2.32. The third kappa shape index (κ3) is 3.96. The van der Waals surface area contributed by atoms with Gasteiger partial charge in [-0.1, -0.05) is 18.2 Å². The first kappa shape index (κ1) is 16.6. The van der Waals surface area contributed by atoms with E-state index >= 15 is 0 Å². The highest BCUT2D eigenvalue weighted by Crippen LogP contribution is 2.23. The average Bonchev–Trinajstić information content (AvgIpc) is 2.96. The number of hydrogen-bond acceptors (Lipinski definition) is 2. The van der Waals surface area contributed by atoms with Gasteiger partial charge in [0.05, 0.1) is 11.9 Å². The van der Waals surface area contributed by atoms with Crippen molar-refractivity contribution in [3.05, 3.63) is 47.3 Å². The van der Waals surface area contributed by atoms with Crippen molar-refractivity contribution in [1.29, 1.82) is 0 Å². The Morgan fingerprint density at radius 1 is 1.25 bits per heavy atom. The number of rotatable bonds is 3. The van der Waals surface area contributed by atoms with Crippen LogP contribution in [0.15, 0.2) is 30.6 Å². The van der Waals surface area contributed by atoms with Crippen LogP contribution < -0.4 is 5.32 Å². The minimum absolute atomic E-state index is 0.0207. The first-order valence-electron chi connectivity index (χ1n) is 8.62. The lowest BCUT2D eigenvalue weighted by Crippen LogP contribution is -2.41. The van der Waals surface area contributed by atoms with Crippen molar-refractivity contribution in [1.82, 2.24) is 14.7 Å². The van der Waals surface area contributed by atoms with E-state index in [2.05, 4.69) is 42.5 Å². The second kappa shape index (κ2) is 7.07. The van der Waals surface area contributed by atoms with Gasteiger partial charge in [-0.25, -0.2) is 4.79 Å². The number of carbonyl (C=O) groups is 1. The lowest BCUT2D eigenvalue weighted by molar-refractivity contribution is 0.182. The Morgan fingerprint density at radius 2 is 2.00 bits per heavy atom. The van der Waals surface area contributed by atoms with Crippen molar-refractivity contribution < 1.29 is 4.79 Å². The predicted molar refractivity (Wildman–Crippen MR) is 96.1 cm³/mol. The summed E-state index contributed by atoms with van der Waals surface area (Å²) in [5.74, 6) is 0.662. The number of aryl methyl sites for hydroxylation is 3. The third-order valence-corrected chi connectivity index (χ3v) is 4.95. The van der Waals surface area contributed by atoms with Crippen molar-refractivity contribution in [2.24, 2.45) is 13.0 Å². The smallest absolute Gasteiger partial charge is 0.321 e. The van der Waals surface area contributed by atoms with Crippen LogP contribution in [0, 0.1) is 19.8 Å². The second-order valence-corrected chi connectivity index (χ2v) is 6.89. The van der Waals surface area contributed by atoms with E-state index < -0.39 is 0 Å². The number of nitrogens with zero attached hydrogens (tertiary/aromatic N) is 3. The van der Waals surface area contributed by atoms with E-state index in [1.807, 2.05) is 18.1 Å². The first-order chi connectivity index (χ1) is 11.5. The molecule has 0 bridgehead atoms. The summed E-state index contributed by atoms with van der Waals surface area (Å²) in [5, 5.41) is 6.98. The molecule has 3 rings (SSSR count). The molecule has 1 N–H and O–H groups in total. The Balaban J connectivity index is 1.50. The number of urea groups is 1. The van der Waals surface area contributed by atoms with Gasteiger partial charge in [-0.3, -0.25) is 4.68 Å². The van der Waals surface area contributed by atoms with E-state index in [0.717, 1.165) is 38.0 Å². The Labute approximate surface area is 143 Å². The Morgan fingerprint density at radius 3 is 2.62 bits per heavy atom. The standard InChI is InChI=1S/C19H26N4O/c1-14-4-5-17(10-15(14)2)11-16-6-8-23(9-7-16)19(24)21-18-12-20-22(3)13-18/h4-5,10,12-13,16H,6-9,11H2,1-3H3,(H,21,24). The summed E-state index contributed by atoms with van der Waals surface area (Å²) in [6.45, 7) is 5.96. The van der Waals surface area contributed by atoms with E-state index in [-0.39, 0.29) is 6.03 Å². The first-order valence-corrected chi connectivity index (χ1v) is 8.62. The van der Waals surface area contributed by atoms with Crippen LogP contribution in [0.25, 0.3) is 0 Å². The summed E-state index contributed by atoms with van der Waals surface area (Å²) in [5.41, 5.74) is 4.87. The van der Waals surface area contributed by atoms with Crippen LogP contribution >= 0.6 is 0 Å². The highest BCUT2D eigenvalue weighted by Gasteiger charge is 2.23. The van der Waals surface area contributed by atoms with Crippen LogP contribution in [0.1, 0.15) is 29.5 Å². The molecule has 0 atom stereocenters. The normalized spacial score (nSPS) is 15.5. The van der Waals surface area contributed by atoms with E-state index in [1.54, 1.807) is 10.9 Å². The number of benzene rings is 1. The molecule has 1 aliphatic rings. The van der Waals surface area contributed by atoms with Gasteiger partial charge in [-0.15, -0.1) is 0 Å². The van der Waals surface area contributed by atoms with Gasteiger partial charge < -0.3 is 10.2 Å². The fraction of sp³-hybridized carbons (Fsp3) is 0.474. The number of amides is 2. The maximum absolute atomic E-state index is 12.3. The minimum Gasteiger partial charge on any atom is -0.325 e. The lowest BCUT2D eigenvalue weighted by atomic mass is 9.89. The maximum atomic E-state index is 12.3. The second-order valence-electron chi connectivity index (χ2n) is 6.89. The molecular weight excluding hydrogens is 300 g/mol. The number of hydrogen-bond donors (Lipinski definition) is 1. The van der Waals surface area contributed by atoms with Gasteiger partial charge in [0.15, 0.2) is 0 Å². The summed E-state index contributed by atoms with van der Waals surface area (Å²) in [6.07, 6.45) is 6.72.